The van der Waals surface area contributed by atoms with Crippen LogP contribution in [0.25, 0.3) is 0 Å². The van der Waals surface area contributed by atoms with Crippen LogP contribution in [0.15, 0.2) is 18.2 Å². The lowest BCUT2D eigenvalue weighted by molar-refractivity contribution is 0.100. The number of primary amides is 1. The molecule has 1 amide bonds. The van der Waals surface area contributed by atoms with Crippen LogP contribution in [0, 0.1) is 0 Å². The van der Waals surface area contributed by atoms with Gasteiger partial charge in [-0.25, -0.2) is 0 Å². The molecule has 0 unspecified atom stereocenters. The van der Waals surface area contributed by atoms with Gasteiger partial charge in [-0.2, -0.15) is 0 Å². The normalized spacial score (nSPS) is 10.1. The number of nitrogens with two attached hydrogens (primary N) is 1. The van der Waals surface area contributed by atoms with Crippen LogP contribution in [0.1, 0.15) is 36.5 Å². The lowest BCUT2D eigenvalue weighted by atomic mass is 10.2. The summed E-state index contributed by atoms with van der Waals surface area (Å²) in [5.41, 5.74) is 6.44. The van der Waals surface area contributed by atoms with E-state index in [0.29, 0.717) is 10.6 Å². The summed E-state index contributed by atoms with van der Waals surface area (Å²) >= 11 is 5.92. The molecule has 0 saturated heterocycles. The van der Waals surface area contributed by atoms with Crippen LogP contribution in [0.2, 0.25) is 5.02 Å². The van der Waals surface area contributed by atoms with Gasteiger partial charge in [0.2, 0.25) is 5.91 Å². The molecule has 1 aromatic rings. The van der Waals surface area contributed by atoms with E-state index < -0.39 is 5.91 Å². The van der Waals surface area contributed by atoms with E-state index >= 15 is 0 Å². The van der Waals surface area contributed by atoms with Crippen LogP contribution in [0.4, 0.5) is 5.69 Å². The van der Waals surface area contributed by atoms with Gasteiger partial charge in [-0.15, -0.1) is 0 Å². The van der Waals surface area contributed by atoms with Gasteiger partial charge in [0, 0.05) is 12.2 Å². The minimum atomic E-state index is -0.498. The van der Waals surface area contributed by atoms with Crippen LogP contribution in [-0.4, -0.2) is 12.5 Å². The van der Waals surface area contributed by atoms with E-state index in [1.54, 1.807) is 12.1 Å². The summed E-state index contributed by atoms with van der Waals surface area (Å²) in [5, 5.41) is 3.65. The van der Waals surface area contributed by atoms with Gasteiger partial charge in [-0.05, 0) is 24.6 Å². The first-order valence-electron chi connectivity index (χ1n) is 5.48. The maximum absolute atomic E-state index is 10.9. The van der Waals surface area contributed by atoms with Gasteiger partial charge < -0.3 is 11.1 Å². The summed E-state index contributed by atoms with van der Waals surface area (Å²) in [6, 6.07) is 5.19. The average Bonchev–Trinajstić information content (AvgIpc) is 2.24. The first kappa shape index (κ1) is 12.8. The number of amides is 1. The van der Waals surface area contributed by atoms with E-state index in [1.807, 2.05) is 6.07 Å². The molecule has 16 heavy (non-hydrogen) atoms. The molecular formula is C12H17ClN2O. The second-order valence-corrected chi connectivity index (χ2v) is 4.10. The quantitative estimate of drug-likeness (QED) is 0.751. The van der Waals surface area contributed by atoms with Gasteiger partial charge in [-0.3, -0.25) is 4.79 Å². The van der Waals surface area contributed by atoms with Crippen molar-refractivity contribution < 1.29 is 4.79 Å². The Kier molecular flexibility index (Phi) is 5.12. The van der Waals surface area contributed by atoms with Crippen molar-refractivity contribution >= 4 is 23.2 Å². The van der Waals surface area contributed by atoms with E-state index in [1.165, 1.54) is 12.8 Å². The molecule has 0 aliphatic rings. The molecular weight excluding hydrogens is 224 g/mol. The van der Waals surface area contributed by atoms with Crippen LogP contribution in [-0.2, 0) is 0 Å². The number of carbonyl (C=O) groups is 1. The predicted octanol–water partition coefficient (Wildman–Crippen LogP) is 3.04. The summed E-state index contributed by atoms with van der Waals surface area (Å²) in [5.74, 6) is -0.498. The fourth-order valence-corrected chi connectivity index (χ4v) is 1.71. The summed E-state index contributed by atoms with van der Waals surface area (Å²) in [6.07, 6.45) is 3.54. The van der Waals surface area contributed by atoms with E-state index in [-0.39, 0.29) is 0 Å². The highest BCUT2D eigenvalue weighted by Crippen LogP contribution is 2.20. The molecule has 0 fully saturated rings. The second-order valence-electron chi connectivity index (χ2n) is 3.69. The zero-order valence-corrected chi connectivity index (χ0v) is 10.2. The van der Waals surface area contributed by atoms with Gasteiger partial charge >= 0.3 is 0 Å². The Labute approximate surface area is 101 Å². The number of nitrogens with one attached hydrogen (secondary N) is 1. The average molecular weight is 241 g/mol. The van der Waals surface area contributed by atoms with Crippen molar-refractivity contribution in [2.24, 2.45) is 5.73 Å². The third-order valence-corrected chi connectivity index (χ3v) is 2.66. The van der Waals surface area contributed by atoms with Crippen molar-refractivity contribution in [3.63, 3.8) is 0 Å². The van der Waals surface area contributed by atoms with E-state index in [4.69, 9.17) is 17.3 Å². The molecule has 0 heterocycles. The SMILES string of the molecule is CCCCCNc1ccc(C(N)=O)c(Cl)c1. The Balaban J connectivity index is 2.56. The summed E-state index contributed by atoms with van der Waals surface area (Å²) in [6.45, 7) is 3.08. The van der Waals surface area contributed by atoms with Gasteiger partial charge in [0.05, 0.1) is 10.6 Å². The number of hydrogen-bond acceptors (Lipinski definition) is 2. The van der Waals surface area contributed by atoms with Crippen molar-refractivity contribution in [2.45, 2.75) is 26.2 Å². The van der Waals surface area contributed by atoms with Crippen molar-refractivity contribution in [1.82, 2.24) is 0 Å². The fraction of sp³-hybridized carbons (Fsp3) is 0.417. The van der Waals surface area contributed by atoms with Gasteiger partial charge in [0.1, 0.15) is 0 Å². The minimum absolute atomic E-state index is 0.362. The molecule has 3 nitrogen and oxygen atoms in total. The molecule has 4 heteroatoms. The molecule has 0 bridgehead atoms. The standard InChI is InChI=1S/C12H17ClN2O/c1-2-3-4-7-15-9-5-6-10(12(14)16)11(13)8-9/h5-6,8,15H,2-4,7H2,1H3,(H2,14,16). The molecule has 0 saturated carbocycles. The Morgan fingerprint density at radius 2 is 2.19 bits per heavy atom. The fourth-order valence-electron chi connectivity index (χ4n) is 1.43. The van der Waals surface area contributed by atoms with Crippen molar-refractivity contribution in [3.8, 4) is 0 Å². The monoisotopic (exact) mass is 240 g/mol. The van der Waals surface area contributed by atoms with Crippen molar-refractivity contribution in [3.05, 3.63) is 28.8 Å². The first-order valence-corrected chi connectivity index (χ1v) is 5.86. The lowest BCUT2D eigenvalue weighted by Gasteiger charge is -2.07. The Morgan fingerprint density at radius 3 is 2.75 bits per heavy atom. The second kappa shape index (κ2) is 6.38. The van der Waals surface area contributed by atoms with E-state index in [2.05, 4.69) is 12.2 Å². The van der Waals surface area contributed by atoms with E-state index in [0.717, 1.165) is 18.7 Å². The first-order chi connectivity index (χ1) is 7.65. The molecule has 0 atom stereocenters. The molecule has 88 valence electrons. The van der Waals surface area contributed by atoms with Crippen LogP contribution in [0.5, 0.6) is 0 Å². The summed E-state index contributed by atoms with van der Waals surface area (Å²) < 4.78 is 0. The third-order valence-electron chi connectivity index (χ3n) is 2.34. The number of benzene rings is 1. The van der Waals surface area contributed by atoms with Crippen molar-refractivity contribution in [1.29, 1.82) is 0 Å². The number of hydrogen-bond donors (Lipinski definition) is 2. The molecule has 1 aromatic carbocycles. The zero-order chi connectivity index (χ0) is 12.0. The largest absolute Gasteiger partial charge is 0.385 e. The molecule has 0 aromatic heterocycles. The maximum Gasteiger partial charge on any atom is 0.250 e. The summed E-state index contributed by atoms with van der Waals surface area (Å²) in [7, 11) is 0. The van der Waals surface area contributed by atoms with Crippen LogP contribution < -0.4 is 11.1 Å². The highest BCUT2D eigenvalue weighted by Gasteiger charge is 2.06. The smallest absolute Gasteiger partial charge is 0.250 e. The molecule has 1 rings (SSSR count). The van der Waals surface area contributed by atoms with Crippen LogP contribution in [0.3, 0.4) is 0 Å². The molecule has 0 radical (unpaired) electrons. The van der Waals surface area contributed by atoms with Crippen molar-refractivity contribution in [2.75, 3.05) is 11.9 Å². The van der Waals surface area contributed by atoms with Gasteiger partial charge in [0.15, 0.2) is 0 Å². The molecule has 3 N–H and O–H groups in total. The Hall–Kier alpha value is -1.22. The molecule has 0 spiro atoms. The van der Waals surface area contributed by atoms with Crippen LogP contribution >= 0.6 is 11.6 Å². The highest BCUT2D eigenvalue weighted by molar-refractivity contribution is 6.34. The lowest BCUT2D eigenvalue weighted by Crippen LogP contribution is -2.11. The van der Waals surface area contributed by atoms with E-state index in [9.17, 15) is 4.79 Å². The number of rotatable bonds is 6. The maximum atomic E-state index is 10.9. The Morgan fingerprint density at radius 1 is 1.44 bits per heavy atom. The number of carbonyl (C=O) groups excluding carboxylic acids is 1. The molecule has 0 aliphatic heterocycles. The number of halogens is 1. The Bertz CT molecular complexity index is 366. The third kappa shape index (κ3) is 3.74. The molecule has 0 aliphatic carbocycles. The predicted molar refractivity (Wildman–Crippen MR) is 68.0 cm³/mol. The van der Waals surface area contributed by atoms with Gasteiger partial charge in [0.25, 0.3) is 0 Å². The summed E-state index contributed by atoms with van der Waals surface area (Å²) in [4.78, 5) is 10.9. The van der Waals surface area contributed by atoms with Gasteiger partial charge in [-0.1, -0.05) is 31.4 Å². The number of anilines is 1. The number of unbranched alkanes of at least 4 members (excludes halogenated alkanes) is 2. The minimum Gasteiger partial charge on any atom is -0.385 e. The zero-order valence-electron chi connectivity index (χ0n) is 9.42. The highest BCUT2D eigenvalue weighted by atomic mass is 35.5. The topological polar surface area (TPSA) is 55.1 Å².